The maximum atomic E-state index is 13.1. The predicted octanol–water partition coefficient (Wildman–Crippen LogP) is 5.04. The minimum atomic E-state index is -4.52. The highest BCUT2D eigenvalue weighted by Gasteiger charge is 2.32. The number of carbonyl (C=O) groups excluding carboxylic acids is 1. The molecular weight excluding hydrogens is 433 g/mol. The molecule has 1 aromatic heterocycles. The molecule has 31 heavy (non-hydrogen) atoms. The second-order valence-corrected chi connectivity index (χ2v) is 7.75. The van der Waals surface area contributed by atoms with E-state index >= 15 is 0 Å². The molecule has 0 atom stereocenters. The Labute approximate surface area is 181 Å². The minimum Gasteiger partial charge on any atom is -0.496 e. The van der Waals surface area contributed by atoms with Crippen molar-refractivity contribution in [3.05, 3.63) is 46.5 Å². The molecule has 1 fully saturated rings. The van der Waals surface area contributed by atoms with E-state index in [2.05, 4.69) is 15.4 Å². The number of aromatic amines is 1. The summed E-state index contributed by atoms with van der Waals surface area (Å²) in [6.07, 6.45) is -1.30. The molecule has 4 rings (SSSR count). The highest BCUT2D eigenvalue weighted by molar-refractivity contribution is 6.35. The normalized spacial score (nSPS) is 15.3. The molecule has 10 heteroatoms. The lowest BCUT2D eigenvalue weighted by Crippen LogP contribution is -2.45. The van der Waals surface area contributed by atoms with Gasteiger partial charge in [0.05, 0.1) is 28.8 Å². The smallest absolute Gasteiger partial charge is 0.416 e. The van der Waals surface area contributed by atoms with E-state index in [0.29, 0.717) is 16.9 Å². The van der Waals surface area contributed by atoms with Crippen molar-refractivity contribution in [1.29, 1.82) is 0 Å². The van der Waals surface area contributed by atoms with Crippen molar-refractivity contribution in [2.24, 2.45) is 0 Å². The van der Waals surface area contributed by atoms with Crippen LogP contribution < -0.4 is 10.2 Å². The Hall–Kier alpha value is -2.78. The topological polar surface area (TPSA) is 70.2 Å². The third kappa shape index (κ3) is 4.47. The number of nitrogens with zero attached hydrogens (tertiary/aromatic N) is 2. The van der Waals surface area contributed by atoms with Crippen LogP contribution in [0.15, 0.2) is 30.3 Å². The van der Waals surface area contributed by atoms with Gasteiger partial charge in [0.15, 0.2) is 0 Å². The number of nitrogens with one attached hydrogen (secondary N) is 2. The lowest BCUT2D eigenvalue weighted by atomic mass is 10.1. The zero-order valence-electron chi connectivity index (χ0n) is 16.6. The van der Waals surface area contributed by atoms with Crippen LogP contribution in [0.25, 0.3) is 22.4 Å². The van der Waals surface area contributed by atoms with Gasteiger partial charge in [0.25, 0.3) is 5.91 Å². The van der Waals surface area contributed by atoms with E-state index in [1.807, 2.05) is 5.01 Å². The van der Waals surface area contributed by atoms with E-state index in [-0.39, 0.29) is 27.8 Å². The number of rotatable bonds is 4. The summed E-state index contributed by atoms with van der Waals surface area (Å²) in [6.45, 7) is 1.61. The average Bonchev–Trinajstić information content (AvgIpc) is 3.18. The quantitative estimate of drug-likeness (QED) is 0.581. The number of hydrogen-bond donors (Lipinski definition) is 2. The summed E-state index contributed by atoms with van der Waals surface area (Å²) in [7, 11) is 1.45. The fourth-order valence-electron chi connectivity index (χ4n) is 3.61. The number of hydrazine groups is 1. The summed E-state index contributed by atoms with van der Waals surface area (Å²) < 4.78 is 44.7. The zero-order chi connectivity index (χ0) is 22.2. The molecule has 0 saturated carbocycles. The van der Waals surface area contributed by atoms with E-state index in [1.54, 1.807) is 18.2 Å². The number of benzene rings is 2. The minimum absolute atomic E-state index is 0.108. The van der Waals surface area contributed by atoms with Crippen LogP contribution in [-0.2, 0) is 6.18 Å². The van der Waals surface area contributed by atoms with Crippen LogP contribution >= 0.6 is 11.6 Å². The molecule has 6 nitrogen and oxygen atoms in total. The molecule has 1 aliphatic heterocycles. The Balaban J connectivity index is 1.65. The first-order valence-electron chi connectivity index (χ1n) is 9.77. The van der Waals surface area contributed by atoms with E-state index < -0.39 is 11.7 Å². The molecule has 2 N–H and O–H groups in total. The van der Waals surface area contributed by atoms with Crippen LogP contribution in [0.2, 0.25) is 5.02 Å². The molecule has 164 valence electrons. The number of H-pyrrole nitrogens is 1. The highest BCUT2D eigenvalue weighted by atomic mass is 35.5. The molecule has 0 radical (unpaired) electrons. The molecule has 0 unspecified atom stereocenters. The van der Waals surface area contributed by atoms with Gasteiger partial charge in [0, 0.05) is 18.7 Å². The number of aromatic nitrogens is 2. The summed E-state index contributed by atoms with van der Waals surface area (Å²) in [5, 5.41) is 1.79. The number of piperidine rings is 1. The van der Waals surface area contributed by atoms with Gasteiger partial charge in [-0.3, -0.25) is 10.2 Å². The van der Waals surface area contributed by atoms with Gasteiger partial charge in [-0.1, -0.05) is 18.0 Å². The van der Waals surface area contributed by atoms with Crippen molar-refractivity contribution in [3.8, 4) is 17.1 Å². The maximum Gasteiger partial charge on any atom is 0.416 e. The number of ether oxygens (including phenoxy) is 1. The van der Waals surface area contributed by atoms with Crippen LogP contribution in [0.1, 0.15) is 35.2 Å². The standard InChI is InChI=1S/C21H20ClF3N4O2/c1-31-17-9-12(20(30)28-29-7-3-2-4-8-29)5-6-14(17)19-26-16-11-13(21(23,24)25)10-15(22)18(16)27-19/h5-6,9-11H,2-4,7-8H2,1H3,(H,26,27)(H,28,30). The van der Waals surface area contributed by atoms with Gasteiger partial charge in [-0.05, 0) is 43.2 Å². The highest BCUT2D eigenvalue weighted by Crippen LogP contribution is 2.37. The van der Waals surface area contributed by atoms with Crippen molar-refractivity contribution in [2.45, 2.75) is 25.4 Å². The molecule has 1 aliphatic rings. The second-order valence-electron chi connectivity index (χ2n) is 7.34. The Morgan fingerprint density at radius 2 is 1.94 bits per heavy atom. The third-order valence-corrected chi connectivity index (χ3v) is 5.49. The van der Waals surface area contributed by atoms with Gasteiger partial charge in [-0.15, -0.1) is 0 Å². The summed E-state index contributed by atoms with van der Waals surface area (Å²) in [5.74, 6) is 0.391. The first-order valence-corrected chi connectivity index (χ1v) is 10.1. The summed E-state index contributed by atoms with van der Waals surface area (Å²) >= 11 is 6.03. The Morgan fingerprint density at radius 3 is 2.61 bits per heavy atom. The largest absolute Gasteiger partial charge is 0.496 e. The monoisotopic (exact) mass is 452 g/mol. The summed E-state index contributed by atoms with van der Waals surface area (Å²) in [6, 6.07) is 6.64. The molecular formula is C21H20ClF3N4O2. The second kappa shape index (κ2) is 8.39. The predicted molar refractivity (Wildman–Crippen MR) is 111 cm³/mol. The van der Waals surface area contributed by atoms with Gasteiger partial charge < -0.3 is 9.72 Å². The van der Waals surface area contributed by atoms with Crippen molar-refractivity contribution in [1.82, 2.24) is 20.4 Å². The first kappa shape index (κ1) is 21.5. The zero-order valence-corrected chi connectivity index (χ0v) is 17.4. The maximum absolute atomic E-state index is 13.1. The molecule has 2 aromatic carbocycles. The third-order valence-electron chi connectivity index (χ3n) is 5.20. The van der Waals surface area contributed by atoms with Crippen LogP contribution in [0.4, 0.5) is 13.2 Å². The summed E-state index contributed by atoms with van der Waals surface area (Å²) in [4.78, 5) is 19.8. The molecule has 0 spiro atoms. The molecule has 3 aromatic rings. The van der Waals surface area contributed by atoms with Crippen molar-refractivity contribution < 1.29 is 22.7 Å². The average molecular weight is 453 g/mol. The fraction of sp³-hybridized carbons (Fsp3) is 0.333. The summed E-state index contributed by atoms with van der Waals surface area (Å²) in [5.41, 5.74) is 3.30. The number of hydrogen-bond acceptors (Lipinski definition) is 4. The van der Waals surface area contributed by atoms with Crippen LogP contribution in [0.3, 0.4) is 0 Å². The van der Waals surface area contributed by atoms with Gasteiger partial charge in [0.2, 0.25) is 0 Å². The van der Waals surface area contributed by atoms with Gasteiger partial charge in [-0.25, -0.2) is 9.99 Å². The Bertz CT molecular complexity index is 1120. The molecule has 0 aliphatic carbocycles. The lowest BCUT2D eigenvalue weighted by molar-refractivity contribution is -0.137. The molecule has 2 heterocycles. The Kier molecular flexibility index (Phi) is 5.81. The number of methoxy groups -OCH3 is 1. The van der Waals surface area contributed by atoms with Gasteiger partial charge >= 0.3 is 6.18 Å². The van der Waals surface area contributed by atoms with Crippen molar-refractivity contribution in [3.63, 3.8) is 0 Å². The first-order chi connectivity index (χ1) is 14.8. The number of halogens is 4. The van der Waals surface area contributed by atoms with E-state index in [9.17, 15) is 18.0 Å². The molecule has 1 amide bonds. The van der Waals surface area contributed by atoms with E-state index in [0.717, 1.165) is 44.5 Å². The number of carbonyl (C=O) groups is 1. The molecule has 1 saturated heterocycles. The SMILES string of the molecule is COc1cc(C(=O)NN2CCCCC2)ccc1-c1nc2c(Cl)cc(C(F)(F)F)cc2[nH]1. The number of fused-ring (bicyclic) bond motifs is 1. The lowest BCUT2D eigenvalue weighted by Gasteiger charge is -2.26. The van der Waals surface area contributed by atoms with Crippen LogP contribution in [0.5, 0.6) is 5.75 Å². The molecule has 0 bridgehead atoms. The number of imidazole rings is 1. The van der Waals surface area contributed by atoms with Crippen LogP contribution in [-0.4, -0.2) is 41.1 Å². The Morgan fingerprint density at radius 1 is 1.19 bits per heavy atom. The van der Waals surface area contributed by atoms with Crippen LogP contribution in [0, 0.1) is 0 Å². The van der Waals surface area contributed by atoms with E-state index in [1.165, 1.54) is 7.11 Å². The van der Waals surface area contributed by atoms with Crippen molar-refractivity contribution >= 4 is 28.5 Å². The van der Waals surface area contributed by atoms with Gasteiger partial charge in [0.1, 0.15) is 17.1 Å². The van der Waals surface area contributed by atoms with E-state index in [4.69, 9.17) is 16.3 Å². The fourth-order valence-corrected chi connectivity index (χ4v) is 3.87. The number of alkyl halides is 3. The van der Waals surface area contributed by atoms with Crippen molar-refractivity contribution in [2.75, 3.05) is 20.2 Å². The number of amides is 1. The van der Waals surface area contributed by atoms with Gasteiger partial charge in [-0.2, -0.15) is 13.2 Å².